The number of carbonyl (C=O) groups is 3. The first kappa shape index (κ1) is 25.9. The number of para-hydroxylation sites is 1. The number of nitrogens with one attached hydrogen (secondary N) is 1. The number of carbonyl (C=O) groups excluding carboxylic acids is 3. The summed E-state index contributed by atoms with van der Waals surface area (Å²) in [5, 5.41) is 3.51. The van der Waals surface area contributed by atoms with Gasteiger partial charge in [-0.05, 0) is 71.8 Å². The molecule has 3 heterocycles. The molecule has 0 radical (unpaired) electrons. The van der Waals surface area contributed by atoms with Crippen LogP contribution in [0.2, 0.25) is 5.02 Å². The molecule has 0 aliphatic carbocycles. The molecule has 4 aromatic rings. The lowest BCUT2D eigenvalue weighted by molar-refractivity contribution is -0.121. The molecule has 4 atom stereocenters. The van der Waals surface area contributed by atoms with Gasteiger partial charge >= 0.3 is 0 Å². The van der Waals surface area contributed by atoms with Gasteiger partial charge in [-0.25, -0.2) is 4.39 Å². The topological polar surface area (TPSA) is 66.5 Å². The van der Waals surface area contributed by atoms with Crippen LogP contribution in [-0.4, -0.2) is 29.6 Å². The predicted octanol–water partition coefficient (Wildman–Crippen LogP) is 7.10. The first-order valence-electron chi connectivity index (χ1n) is 13.1. The van der Waals surface area contributed by atoms with E-state index < -0.39 is 35.1 Å². The number of anilines is 2. The zero-order chi connectivity index (χ0) is 28.5. The van der Waals surface area contributed by atoms with Crippen molar-refractivity contribution in [2.24, 2.45) is 5.92 Å². The summed E-state index contributed by atoms with van der Waals surface area (Å²) >= 11 is 9.77. The fraction of sp³-hybridized carbons (Fsp3) is 0.121. The van der Waals surface area contributed by atoms with Crippen molar-refractivity contribution >= 4 is 62.5 Å². The number of rotatable bonds is 4. The van der Waals surface area contributed by atoms with Crippen molar-refractivity contribution in [3.8, 4) is 0 Å². The zero-order valence-corrected chi connectivity index (χ0v) is 23.7. The van der Waals surface area contributed by atoms with E-state index in [9.17, 15) is 18.8 Å². The second-order valence-corrected chi connectivity index (χ2v) is 11.8. The third-order valence-corrected chi connectivity index (χ3v) is 9.15. The van der Waals surface area contributed by atoms with Crippen molar-refractivity contribution in [3.63, 3.8) is 0 Å². The standard InChI is InChI=1S/C33H21BrClFN2O3/c34-21-10-5-19(6-11-21)30(40)31-33(24-3-1-2-4-25(24)37-32(33)41)28(29(39)18-7-13-23(36)14-8-18)27-15-9-20-17-22(35)12-16-26(20)38(27)31/h1-17,27-28,31H,(H,37,41)/t27-,28-,31+,33+/m1/s1. The maximum absolute atomic E-state index is 14.7. The van der Waals surface area contributed by atoms with E-state index >= 15 is 0 Å². The van der Waals surface area contributed by atoms with Crippen LogP contribution in [-0.2, 0) is 10.2 Å². The third kappa shape index (κ3) is 3.76. The van der Waals surface area contributed by atoms with Gasteiger partial charge in [0.05, 0.1) is 12.0 Å². The predicted molar refractivity (Wildman–Crippen MR) is 160 cm³/mol. The highest BCUT2D eigenvalue weighted by molar-refractivity contribution is 9.10. The molecule has 4 aromatic carbocycles. The molecule has 1 N–H and O–H groups in total. The number of benzene rings is 4. The van der Waals surface area contributed by atoms with Crippen LogP contribution in [0.1, 0.15) is 31.8 Å². The Hall–Kier alpha value is -4.07. The van der Waals surface area contributed by atoms with Gasteiger partial charge in [-0.2, -0.15) is 0 Å². The number of amides is 1. The summed E-state index contributed by atoms with van der Waals surface area (Å²) in [5.74, 6) is -2.53. The second-order valence-electron chi connectivity index (χ2n) is 10.5. The summed E-state index contributed by atoms with van der Waals surface area (Å²) in [7, 11) is 0. The van der Waals surface area contributed by atoms with Crippen LogP contribution in [0.25, 0.3) is 6.08 Å². The normalized spacial score (nSPS) is 23.6. The SMILES string of the molecule is O=C(c1ccc(Br)cc1)[C@@H]1N2c3ccc(Cl)cc3C=C[C@@H]2[C@H](C(=O)c2ccc(F)cc2)[C@]12C(=O)Nc1ccccc12. The van der Waals surface area contributed by atoms with Gasteiger partial charge in [0.25, 0.3) is 0 Å². The highest BCUT2D eigenvalue weighted by Gasteiger charge is 2.71. The van der Waals surface area contributed by atoms with Gasteiger partial charge in [0, 0.05) is 32.0 Å². The molecule has 0 aromatic heterocycles. The van der Waals surface area contributed by atoms with Crippen LogP contribution in [0.4, 0.5) is 15.8 Å². The maximum Gasteiger partial charge on any atom is 0.238 e. The van der Waals surface area contributed by atoms with E-state index in [4.69, 9.17) is 11.6 Å². The van der Waals surface area contributed by atoms with Crippen molar-refractivity contribution in [2.75, 3.05) is 10.2 Å². The van der Waals surface area contributed by atoms with Gasteiger partial charge in [0.2, 0.25) is 5.91 Å². The molecule has 202 valence electrons. The Labute approximate surface area is 248 Å². The fourth-order valence-corrected chi connectivity index (χ4v) is 7.18. The Bertz CT molecular complexity index is 1790. The maximum atomic E-state index is 14.7. The van der Waals surface area contributed by atoms with E-state index in [0.29, 0.717) is 27.5 Å². The number of Topliss-reactive ketones (excluding diaryl/α,β-unsaturated/α-hetero) is 2. The number of halogens is 3. The summed E-state index contributed by atoms with van der Waals surface area (Å²) in [5.41, 5.74) is 1.71. The highest BCUT2D eigenvalue weighted by atomic mass is 79.9. The number of ketones is 2. The van der Waals surface area contributed by atoms with Crippen molar-refractivity contribution in [1.29, 1.82) is 0 Å². The second kappa shape index (κ2) is 9.50. The number of nitrogens with zero attached hydrogens (tertiary/aromatic N) is 1. The van der Waals surface area contributed by atoms with Crippen LogP contribution in [0.3, 0.4) is 0 Å². The van der Waals surface area contributed by atoms with Crippen LogP contribution in [0, 0.1) is 11.7 Å². The van der Waals surface area contributed by atoms with Crippen LogP contribution < -0.4 is 10.2 Å². The van der Waals surface area contributed by atoms with Gasteiger partial charge < -0.3 is 10.2 Å². The minimum absolute atomic E-state index is 0.264. The third-order valence-electron chi connectivity index (χ3n) is 8.39. The Morgan fingerprint density at radius 1 is 0.902 bits per heavy atom. The lowest BCUT2D eigenvalue weighted by Gasteiger charge is -2.37. The molecular formula is C33H21BrClFN2O3. The molecule has 3 aliphatic rings. The molecule has 0 saturated carbocycles. The monoisotopic (exact) mass is 626 g/mol. The van der Waals surface area contributed by atoms with Gasteiger partial charge in [-0.3, -0.25) is 14.4 Å². The molecule has 41 heavy (non-hydrogen) atoms. The van der Waals surface area contributed by atoms with Gasteiger partial charge in [-0.1, -0.05) is 70.0 Å². The molecule has 1 fully saturated rings. The molecular weight excluding hydrogens is 607 g/mol. The smallest absolute Gasteiger partial charge is 0.238 e. The van der Waals surface area contributed by atoms with E-state index in [2.05, 4.69) is 21.2 Å². The van der Waals surface area contributed by atoms with Gasteiger partial charge in [-0.15, -0.1) is 0 Å². The summed E-state index contributed by atoms with van der Waals surface area (Å²) in [4.78, 5) is 45.6. The Kier molecular flexibility index (Phi) is 5.99. The molecule has 0 bridgehead atoms. The summed E-state index contributed by atoms with van der Waals surface area (Å²) < 4.78 is 14.7. The Morgan fingerprint density at radius 2 is 1.59 bits per heavy atom. The molecule has 8 heteroatoms. The van der Waals surface area contributed by atoms with E-state index in [1.807, 2.05) is 35.3 Å². The van der Waals surface area contributed by atoms with Crippen molar-refractivity contribution in [1.82, 2.24) is 0 Å². The summed E-state index contributed by atoms with van der Waals surface area (Å²) in [6, 6.07) is 23.1. The van der Waals surface area contributed by atoms with E-state index in [1.54, 1.807) is 48.5 Å². The Morgan fingerprint density at radius 3 is 2.34 bits per heavy atom. The fourth-order valence-electron chi connectivity index (χ4n) is 6.73. The molecule has 0 unspecified atom stereocenters. The lowest BCUT2D eigenvalue weighted by atomic mass is 9.63. The average molecular weight is 628 g/mol. The highest BCUT2D eigenvalue weighted by Crippen LogP contribution is 2.58. The summed E-state index contributed by atoms with van der Waals surface area (Å²) in [6.07, 6.45) is 3.75. The number of hydrogen-bond donors (Lipinski definition) is 1. The van der Waals surface area contributed by atoms with Crippen LogP contribution in [0.5, 0.6) is 0 Å². The van der Waals surface area contributed by atoms with Crippen molar-refractivity contribution < 1.29 is 18.8 Å². The van der Waals surface area contributed by atoms with Crippen LogP contribution in [0.15, 0.2) is 102 Å². The van der Waals surface area contributed by atoms with Crippen molar-refractivity contribution in [2.45, 2.75) is 17.5 Å². The van der Waals surface area contributed by atoms with E-state index in [1.165, 1.54) is 24.3 Å². The number of hydrogen-bond acceptors (Lipinski definition) is 4. The van der Waals surface area contributed by atoms with E-state index in [-0.39, 0.29) is 17.1 Å². The Balaban J connectivity index is 1.54. The average Bonchev–Trinajstić information content (AvgIpc) is 3.44. The van der Waals surface area contributed by atoms with Gasteiger partial charge in [0.15, 0.2) is 11.6 Å². The molecule has 1 spiro atoms. The first-order chi connectivity index (χ1) is 19.8. The molecule has 3 aliphatic heterocycles. The molecule has 7 rings (SSSR count). The largest absolute Gasteiger partial charge is 0.352 e. The molecule has 1 amide bonds. The zero-order valence-electron chi connectivity index (χ0n) is 21.4. The van der Waals surface area contributed by atoms with Crippen molar-refractivity contribution in [3.05, 3.63) is 135 Å². The van der Waals surface area contributed by atoms with Crippen LogP contribution >= 0.6 is 27.5 Å². The summed E-state index contributed by atoms with van der Waals surface area (Å²) in [6.45, 7) is 0. The first-order valence-corrected chi connectivity index (χ1v) is 14.2. The number of fused-ring (bicyclic) bond motifs is 5. The minimum atomic E-state index is -1.58. The molecule has 5 nitrogen and oxygen atoms in total. The lowest BCUT2D eigenvalue weighted by Crippen LogP contribution is -2.55. The quantitative estimate of drug-likeness (QED) is 0.245. The van der Waals surface area contributed by atoms with E-state index in [0.717, 1.165) is 10.0 Å². The minimum Gasteiger partial charge on any atom is -0.352 e. The van der Waals surface area contributed by atoms with Gasteiger partial charge in [0.1, 0.15) is 17.3 Å². The molecule has 1 saturated heterocycles.